The Morgan fingerprint density at radius 1 is 1.35 bits per heavy atom. The highest BCUT2D eigenvalue weighted by Gasteiger charge is 2.07. The Balaban J connectivity index is 2.29. The monoisotopic (exact) mass is 227 g/mol. The van der Waals surface area contributed by atoms with Gasteiger partial charge in [0, 0.05) is 12.3 Å². The lowest BCUT2D eigenvalue weighted by Crippen LogP contribution is -2.19. The van der Waals surface area contributed by atoms with Crippen LogP contribution in [0.4, 0.5) is 0 Å². The van der Waals surface area contributed by atoms with E-state index in [1.807, 2.05) is 19.1 Å². The van der Waals surface area contributed by atoms with Crippen molar-refractivity contribution in [2.75, 3.05) is 0 Å². The van der Waals surface area contributed by atoms with Crippen LogP contribution in [-0.4, -0.2) is 24.6 Å². The molecular weight excluding hydrogens is 218 g/mol. The number of H-pyrrole nitrogens is 1. The molecule has 17 heavy (non-hydrogen) atoms. The molecule has 1 N–H and O–H groups in total. The van der Waals surface area contributed by atoms with Crippen molar-refractivity contribution in [3.63, 3.8) is 0 Å². The van der Waals surface area contributed by atoms with Gasteiger partial charge in [0.05, 0.1) is 5.69 Å². The fraction of sp³-hybridized carbons (Fsp3) is 0.0909. The average molecular weight is 227 g/mol. The number of hydrogen-bond acceptors (Lipinski definition) is 4. The van der Waals surface area contributed by atoms with Crippen molar-refractivity contribution in [1.82, 2.24) is 24.6 Å². The molecule has 0 atom stereocenters. The molecule has 0 saturated heterocycles. The third-order valence-corrected chi connectivity index (χ3v) is 2.36. The zero-order valence-electron chi connectivity index (χ0n) is 9.08. The van der Waals surface area contributed by atoms with Crippen LogP contribution < -0.4 is 5.69 Å². The molecule has 0 amide bonds. The molecule has 6 nitrogen and oxygen atoms in total. The van der Waals surface area contributed by atoms with Crippen LogP contribution in [0.25, 0.3) is 17.2 Å². The summed E-state index contributed by atoms with van der Waals surface area (Å²) in [5, 5.41) is 4.04. The van der Waals surface area contributed by atoms with E-state index in [1.165, 1.54) is 4.52 Å². The Morgan fingerprint density at radius 2 is 2.24 bits per heavy atom. The minimum Gasteiger partial charge on any atom is -0.288 e. The minimum atomic E-state index is -0.316. The Morgan fingerprint density at radius 3 is 3.00 bits per heavy atom. The molecule has 0 radical (unpaired) electrons. The van der Waals surface area contributed by atoms with Crippen LogP contribution in [0.5, 0.6) is 0 Å². The van der Waals surface area contributed by atoms with Gasteiger partial charge in [0.2, 0.25) is 0 Å². The molecule has 3 heterocycles. The Kier molecular flexibility index (Phi) is 2.01. The van der Waals surface area contributed by atoms with E-state index in [9.17, 15) is 4.79 Å². The summed E-state index contributed by atoms with van der Waals surface area (Å²) < 4.78 is 1.24. The molecule has 0 bridgehead atoms. The molecule has 0 fully saturated rings. The molecule has 0 saturated carbocycles. The first-order chi connectivity index (χ1) is 8.24. The van der Waals surface area contributed by atoms with Gasteiger partial charge in [-0.15, -0.1) is 0 Å². The van der Waals surface area contributed by atoms with Crippen molar-refractivity contribution in [3.8, 4) is 11.5 Å². The first-order valence-electron chi connectivity index (χ1n) is 5.12. The first-order valence-corrected chi connectivity index (χ1v) is 5.12. The van der Waals surface area contributed by atoms with E-state index >= 15 is 0 Å². The van der Waals surface area contributed by atoms with Gasteiger partial charge in [-0.3, -0.25) is 9.97 Å². The average Bonchev–Trinajstić information content (AvgIpc) is 2.71. The molecule has 6 heteroatoms. The number of pyridine rings is 1. The summed E-state index contributed by atoms with van der Waals surface area (Å²) in [6, 6.07) is 7.19. The largest absolute Gasteiger partial charge is 0.349 e. The predicted molar refractivity (Wildman–Crippen MR) is 61.6 cm³/mol. The number of nitrogens with zero attached hydrogens (tertiary/aromatic N) is 4. The molecule has 3 rings (SSSR count). The second kappa shape index (κ2) is 3.51. The smallest absolute Gasteiger partial charge is 0.288 e. The van der Waals surface area contributed by atoms with Crippen molar-refractivity contribution in [2.45, 2.75) is 6.92 Å². The van der Waals surface area contributed by atoms with Crippen molar-refractivity contribution >= 4 is 5.65 Å². The van der Waals surface area contributed by atoms with Crippen LogP contribution in [0.1, 0.15) is 5.69 Å². The molecule has 0 unspecified atom stereocenters. The molecule has 3 aromatic rings. The van der Waals surface area contributed by atoms with Crippen LogP contribution in [0.2, 0.25) is 0 Å². The van der Waals surface area contributed by atoms with Gasteiger partial charge in [-0.1, -0.05) is 6.07 Å². The van der Waals surface area contributed by atoms with E-state index in [0.29, 0.717) is 17.2 Å². The number of nitrogens with one attached hydrogen (secondary N) is 1. The van der Waals surface area contributed by atoms with Crippen LogP contribution in [0, 0.1) is 6.92 Å². The SMILES string of the molecule is Cc1cc2nc(-c3ccccn3)[nH]c(=O)n2n1. The van der Waals surface area contributed by atoms with Crippen molar-refractivity contribution in [2.24, 2.45) is 0 Å². The van der Waals surface area contributed by atoms with Crippen molar-refractivity contribution in [1.29, 1.82) is 0 Å². The fourth-order valence-electron chi connectivity index (χ4n) is 1.64. The quantitative estimate of drug-likeness (QED) is 0.666. The lowest BCUT2D eigenvalue weighted by Gasteiger charge is -1.99. The Labute approximate surface area is 96.0 Å². The first kappa shape index (κ1) is 9.71. The highest BCUT2D eigenvalue weighted by atomic mass is 16.1. The molecule has 0 aliphatic rings. The zero-order valence-corrected chi connectivity index (χ0v) is 9.08. The van der Waals surface area contributed by atoms with E-state index in [4.69, 9.17) is 0 Å². The second-order valence-corrected chi connectivity index (χ2v) is 3.66. The number of fused-ring (bicyclic) bond motifs is 1. The molecular formula is C11H9N5O. The van der Waals surface area contributed by atoms with Crippen molar-refractivity contribution in [3.05, 3.63) is 46.6 Å². The molecule has 0 aromatic carbocycles. The van der Waals surface area contributed by atoms with E-state index in [2.05, 4.69) is 20.1 Å². The molecule has 0 spiro atoms. The Bertz CT molecular complexity index is 728. The highest BCUT2D eigenvalue weighted by molar-refractivity contribution is 5.52. The summed E-state index contributed by atoms with van der Waals surface area (Å²) in [5.74, 6) is 0.447. The van der Waals surface area contributed by atoms with Gasteiger partial charge >= 0.3 is 5.69 Å². The Hall–Kier alpha value is -2.50. The van der Waals surface area contributed by atoms with Gasteiger partial charge in [0.25, 0.3) is 0 Å². The summed E-state index contributed by atoms with van der Waals surface area (Å²) in [6.45, 7) is 1.81. The van der Waals surface area contributed by atoms with Gasteiger partial charge in [-0.05, 0) is 19.1 Å². The zero-order chi connectivity index (χ0) is 11.8. The lowest BCUT2D eigenvalue weighted by atomic mass is 10.3. The van der Waals surface area contributed by atoms with Crippen molar-refractivity contribution < 1.29 is 0 Å². The lowest BCUT2D eigenvalue weighted by molar-refractivity contribution is 0.831. The molecule has 0 aliphatic carbocycles. The highest BCUT2D eigenvalue weighted by Crippen LogP contribution is 2.10. The molecule has 0 aliphatic heterocycles. The number of aryl methyl sites for hydroxylation is 1. The van der Waals surface area contributed by atoms with E-state index in [1.54, 1.807) is 18.3 Å². The summed E-state index contributed by atoms with van der Waals surface area (Å²) in [4.78, 5) is 22.9. The van der Waals surface area contributed by atoms with Gasteiger partial charge in [0.1, 0.15) is 5.69 Å². The summed E-state index contributed by atoms with van der Waals surface area (Å²) in [5.41, 5.74) is 1.59. The van der Waals surface area contributed by atoms with Crippen LogP contribution >= 0.6 is 0 Å². The number of aromatic amines is 1. The second-order valence-electron chi connectivity index (χ2n) is 3.66. The van der Waals surface area contributed by atoms with Crippen LogP contribution in [0.15, 0.2) is 35.3 Å². The third-order valence-electron chi connectivity index (χ3n) is 2.36. The maximum atomic E-state index is 11.8. The van der Waals surface area contributed by atoms with Crippen LogP contribution in [-0.2, 0) is 0 Å². The van der Waals surface area contributed by atoms with Crippen LogP contribution in [0.3, 0.4) is 0 Å². The summed E-state index contributed by atoms with van der Waals surface area (Å²) in [6.07, 6.45) is 1.65. The minimum absolute atomic E-state index is 0.316. The fourth-order valence-corrected chi connectivity index (χ4v) is 1.64. The summed E-state index contributed by atoms with van der Waals surface area (Å²) in [7, 11) is 0. The summed E-state index contributed by atoms with van der Waals surface area (Å²) >= 11 is 0. The topological polar surface area (TPSA) is 75.9 Å². The normalized spacial score (nSPS) is 10.9. The van der Waals surface area contributed by atoms with E-state index in [0.717, 1.165) is 5.69 Å². The van der Waals surface area contributed by atoms with Gasteiger partial charge in [-0.25, -0.2) is 9.78 Å². The number of rotatable bonds is 1. The molecule has 84 valence electrons. The maximum Gasteiger partial charge on any atom is 0.349 e. The number of aromatic nitrogens is 5. The third kappa shape index (κ3) is 1.59. The van der Waals surface area contributed by atoms with Gasteiger partial charge in [0.15, 0.2) is 11.5 Å². The van der Waals surface area contributed by atoms with Gasteiger partial charge in [-0.2, -0.15) is 9.61 Å². The predicted octanol–water partition coefficient (Wildman–Crippen LogP) is 0.788. The standard InChI is InChI=1S/C11H9N5O/c1-7-6-9-13-10(8-4-2-3-5-12-8)14-11(17)16(9)15-7/h2-6H,1H3,(H,13,14,17). The maximum absolute atomic E-state index is 11.8. The van der Waals surface area contributed by atoms with E-state index in [-0.39, 0.29) is 5.69 Å². The molecule has 3 aromatic heterocycles. The number of hydrogen-bond donors (Lipinski definition) is 1. The van der Waals surface area contributed by atoms with Gasteiger partial charge < -0.3 is 0 Å². The van der Waals surface area contributed by atoms with E-state index < -0.39 is 0 Å².